The van der Waals surface area contributed by atoms with Crippen molar-refractivity contribution >= 4 is 10.8 Å². The van der Waals surface area contributed by atoms with Gasteiger partial charge in [-0.3, -0.25) is 4.21 Å². The molecule has 0 aliphatic heterocycles. The first kappa shape index (κ1) is 15.6. The van der Waals surface area contributed by atoms with Crippen molar-refractivity contribution in [2.75, 3.05) is 0 Å². The Morgan fingerprint density at radius 3 is 2.70 bits per heavy atom. The van der Waals surface area contributed by atoms with E-state index in [4.69, 9.17) is 0 Å². The summed E-state index contributed by atoms with van der Waals surface area (Å²) in [5.74, 6) is 0.596. The average molecular weight is 328 g/mol. The highest BCUT2D eigenvalue weighted by atomic mass is 32.2. The summed E-state index contributed by atoms with van der Waals surface area (Å²) in [7, 11) is -1.03. The summed E-state index contributed by atoms with van der Waals surface area (Å²) in [6, 6.07) is 16.0. The second-order valence-electron chi connectivity index (χ2n) is 5.39. The minimum atomic E-state index is -1.03. The second-order valence-corrected chi connectivity index (χ2v) is 6.84. The molecule has 3 rings (SSSR count). The largest absolute Gasteiger partial charge is 0.259 e. The summed E-state index contributed by atoms with van der Waals surface area (Å²) in [5, 5.41) is 4.38. The molecule has 0 amide bonds. The summed E-state index contributed by atoms with van der Waals surface area (Å²) in [4.78, 5) is 0. The van der Waals surface area contributed by atoms with E-state index in [1.165, 1.54) is 12.1 Å². The number of rotatable bonds is 5. The third-order valence-corrected chi connectivity index (χ3v) is 4.85. The van der Waals surface area contributed by atoms with Gasteiger partial charge in [-0.1, -0.05) is 30.3 Å². The monoisotopic (exact) mass is 328 g/mol. The van der Waals surface area contributed by atoms with E-state index < -0.39 is 10.8 Å². The van der Waals surface area contributed by atoms with Crippen LogP contribution in [0.15, 0.2) is 60.8 Å². The minimum absolute atomic E-state index is 0.303. The van der Waals surface area contributed by atoms with Crippen LogP contribution < -0.4 is 0 Å². The Morgan fingerprint density at radius 2 is 1.91 bits per heavy atom. The molecule has 23 heavy (non-hydrogen) atoms. The van der Waals surface area contributed by atoms with Crippen LogP contribution in [0.4, 0.5) is 4.39 Å². The van der Waals surface area contributed by atoms with Crippen molar-refractivity contribution in [3.8, 4) is 5.69 Å². The molecule has 0 aliphatic rings. The maximum absolute atomic E-state index is 13.3. The van der Waals surface area contributed by atoms with Crippen LogP contribution in [0.1, 0.15) is 16.8 Å². The van der Waals surface area contributed by atoms with Crippen LogP contribution in [0.3, 0.4) is 0 Å². The van der Waals surface area contributed by atoms with Crippen molar-refractivity contribution in [1.82, 2.24) is 9.78 Å². The van der Waals surface area contributed by atoms with Gasteiger partial charge < -0.3 is 0 Å². The van der Waals surface area contributed by atoms with Crippen LogP contribution in [0.2, 0.25) is 0 Å². The molecule has 0 bridgehead atoms. The van der Waals surface area contributed by atoms with Crippen LogP contribution in [0.25, 0.3) is 5.69 Å². The zero-order valence-electron chi connectivity index (χ0n) is 12.8. The van der Waals surface area contributed by atoms with E-state index in [0.717, 1.165) is 16.8 Å². The van der Waals surface area contributed by atoms with E-state index in [-0.39, 0.29) is 5.82 Å². The maximum atomic E-state index is 13.3. The molecular weight excluding hydrogens is 311 g/mol. The van der Waals surface area contributed by atoms with E-state index in [1.807, 2.05) is 37.3 Å². The summed E-state index contributed by atoms with van der Waals surface area (Å²) in [6.07, 6.45) is 1.76. The van der Waals surface area contributed by atoms with E-state index in [1.54, 1.807) is 23.0 Å². The first-order valence-electron chi connectivity index (χ1n) is 7.32. The van der Waals surface area contributed by atoms with Gasteiger partial charge in [0, 0.05) is 22.7 Å². The molecule has 5 heteroatoms. The number of nitrogens with zero attached hydrogens (tertiary/aromatic N) is 2. The number of halogens is 1. The number of benzene rings is 2. The van der Waals surface area contributed by atoms with Crippen LogP contribution in [-0.4, -0.2) is 14.0 Å². The first-order valence-corrected chi connectivity index (χ1v) is 8.80. The maximum Gasteiger partial charge on any atom is 0.125 e. The Hall–Kier alpha value is -2.27. The fourth-order valence-corrected chi connectivity index (χ4v) is 3.62. The molecule has 0 unspecified atom stereocenters. The van der Waals surface area contributed by atoms with Gasteiger partial charge in [0.1, 0.15) is 5.82 Å². The van der Waals surface area contributed by atoms with Crippen LogP contribution in [-0.2, 0) is 22.3 Å². The highest BCUT2D eigenvalue weighted by Gasteiger charge is 2.08. The molecule has 3 nitrogen and oxygen atoms in total. The van der Waals surface area contributed by atoms with Gasteiger partial charge in [-0.25, -0.2) is 9.07 Å². The number of hydrogen-bond donors (Lipinski definition) is 0. The molecular formula is C18H17FN2OS. The molecule has 3 aromatic rings. The Morgan fingerprint density at radius 1 is 1.09 bits per heavy atom. The SMILES string of the molecule is Cc1ccccc1C[S@@](=O)Cc1ccn(-c2cccc(F)c2)n1. The highest BCUT2D eigenvalue weighted by molar-refractivity contribution is 7.83. The summed E-state index contributed by atoms with van der Waals surface area (Å²) in [5.41, 5.74) is 3.63. The molecule has 2 aromatic carbocycles. The predicted molar refractivity (Wildman–Crippen MR) is 90.3 cm³/mol. The van der Waals surface area contributed by atoms with Crippen molar-refractivity contribution in [2.45, 2.75) is 18.4 Å². The second kappa shape index (κ2) is 6.87. The molecule has 0 saturated heterocycles. The molecule has 0 radical (unpaired) electrons. The number of hydrogen-bond acceptors (Lipinski definition) is 2. The molecule has 0 aliphatic carbocycles. The van der Waals surface area contributed by atoms with Crippen molar-refractivity contribution < 1.29 is 8.60 Å². The Labute approximate surface area is 137 Å². The van der Waals surface area contributed by atoms with E-state index in [9.17, 15) is 8.60 Å². The minimum Gasteiger partial charge on any atom is -0.259 e. The van der Waals surface area contributed by atoms with Crippen LogP contribution >= 0.6 is 0 Å². The first-order chi connectivity index (χ1) is 11.1. The third-order valence-electron chi connectivity index (χ3n) is 3.60. The fourth-order valence-electron chi connectivity index (χ4n) is 2.36. The Bertz CT molecular complexity index is 844. The highest BCUT2D eigenvalue weighted by Crippen LogP contribution is 2.14. The van der Waals surface area contributed by atoms with E-state index in [0.29, 0.717) is 17.2 Å². The van der Waals surface area contributed by atoms with Crippen LogP contribution in [0.5, 0.6) is 0 Å². The summed E-state index contributed by atoms with van der Waals surface area (Å²) in [6.45, 7) is 2.02. The van der Waals surface area contributed by atoms with E-state index >= 15 is 0 Å². The standard InChI is InChI=1S/C18H17FN2OS/c1-14-5-2-3-6-15(14)12-23(22)13-17-9-10-21(20-17)18-8-4-7-16(19)11-18/h2-11H,12-13H2,1H3/t23-/m1/s1. The summed E-state index contributed by atoms with van der Waals surface area (Å²) >= 11 is 0. The summed E-state index contributed by atoms with van der Waals surface area (Å²) < 4.78 is 27.2. The van der Waals surface area contributed by atoms with Gasteiger partial charge in [0.05, 0.1) is 17.1 Å². The molecule has 1 aromatic heterocycles. The number of aryl methyl sites for hydroxylation is 1. The van der Waals surface area contributed by atoms with Gasteiger partial charge in [-0.15, -0.1) is 0 Å². The van der Waals surface area contributed by atoms with Gasteiger partial charge in [0.15, 0.2) is 0 Å². The molecule has 0 saturated carbocycles. The molecule has 0 N–H and O–H groups in total. The van der Waals surface area contributed by atoms with Gasteiger partial charge in [0.25, 0.3) is 0 Å². The Balaban J connectivity index is 1.69. The Kier molecular flexibility index (Phi) is 4.67. The normalized spacial score (nSPS) is 12.3. The number of aromatic nitrogens is 2. The predicted octanol–water partition coefficient (Wildman–Crippen LogP) is 3.77. The lowest BCUT2D eigenvalue weighted by Gasteiger charge is -2.05. The fraction of sp³-hybridized carbons (Fsp3) is 0.167. The molecule has 1 heterocycles. The zero-order valence-corrected chi connectivity index (χ0v) is 13.6. The molecule has 1 atom stereocenters. The quantitative estimate of drug-likeness (QED) is 0.714. The van der Waals surface area contributed by atoms with E-state index in [2.05, 4.69) is 5.10 Å². The van der Waals surface area contributed by atoms with Crippen molar-refractivity contribution in [3.05, 3.63) is 83.4 Å². The van der Waals surface area contributed by atoms with Gasteiger partial charge in [0.2, 0.25) is 0 Å². The third kappa shape index (κ3) is 3.93. The lowest BCUT2D eigenvalue weighted by Crippen LogP contribution is -2.03. The smallest absolute Gasteiger partial charge is 0.125 e. The molecule has 0 spiro atoms. The topological polar surface area (TPSA) is 34.9 Å². The van der Waals surface area contributed by atoms with Crippen molar-refractivity contribution in [3.63, 3.8) is 0 Å². The van der Waals surface area contributed by atoms with Gasteiger partial charge in [-0.2, -0.15) is 5.10 Å². The van der Waals surface area contributed by atoms with Gasteiger partial charge >= 0.3 is 0 Å². The average Bonchev–Trinajstić information content (AvgIpc) is 2.98. The van der Waals surface area contributed by atoms with Crippen molar-refractivity contribution in [2.24, 2.45) is 0 Å². The van der Waals surface area contributed by atoms with Gasteiger partial charge in [-0.05, 0) is 42.3 Å². The van der Waals surface area contributed by atoms with Crippen LogP contribution in [0, 0.1) is 12.7 Å². The van der Waals surface area contributed by atoms with Crippen molar-refractivity contribution in [1.29, 1.82) is 0 Å². The molecule has 0 fully saturated rings. The molecule has 118 valence electrons. The lowest BCUT2D eigenvalue weighted by atomic mass is 10.1. The lowest BCUT2D eigenvalue weighted by molar-refractivity contribution is 0.625. The zero-order chi connectivity index (χ0) is 16.2.